The van der Waals surface area contributed by atoms with Gasteiger partial charge in [0.15, 0.2) is 0 Å². The van der Waals surface area contributed by atoms with Gasteiger partial charge < -0.3 is 9.64 Å². The molecule has 0 aliphatic carbocycles. The molecule has 0 bridgehead atoms. The number of nitrogens with zero attached hydrogens (tertiary/aromatic N) is 2. The number of hydrogen-bond donors (Lipinski definition) is 0. The molecule has 2 fully saturated rings. The molecule has 0 spiro atoms. The van der Waals surface area contributed by atoms with Gasteiger partial charge in [0.25, 0.3) is 0 Å². The van der Waals surface area contributed by atoms with Crippen LogP contribution in [0.5, 0.6) is 0 Å². The van der Waals surface area contributed by atoms with Gasteiger partial charge in [0, 0.05) is 24.5 Å². The highest BCUT2D eigenvalue weighted by atomic mass is 79.9. The normalized spacial score (nSPS) is 32.8. The van der Waals surface area contributed by atoms with Crippen LogP contribution in [-0.2, 0) is 4.74 Å². The van der Waals surface area contributed by atoms with E-state index in [-0.39, 0.29) is 0 Å². The van der Waals surface area contributed by atoms with Crippen LogP contribution in [0.1, 0.15) is 25.7 Å². The lowest BCUT2D eigenvalue weighted by Crippen LogP contribution is -2.45. The molecule has 2 rings (SSSR count). The fraction of sp³-hybridized carbons (Fsp3) is 1.00. The lowest BCUT2D eigenvalue weighted by molar-refractivity contribution is -0.0180. The average molecular weight is 305 g/mol. The van der Waals surface area contributed by atoms with Crippen molar-refractivity contribution in [2.24, 2.45) is 0 Å². The van der Waals surface area contributed by atoms with Crippen molar-refractivity contribution in [2.45, 2.75) is 37.8 Å². The Morgan fingerprint density at radius 3 is 2.94 bits per heavy atom. The Morgan fingerprint density at radius 1 is 1.29 bits per heavy atom. The van der Waals surface area contributed by atoms with E-state index in [0.717, 1.165) is 31.1 Å². The van der Waals surface area contributed by atoms with Crippen molar-refractivity contribution in [1.82, 2.24) is 9.80 Å². The summed E-state index contributed by atoms with van der Waals surface area (Å²) in [4.78, 5) is 5.11. The van der Waals surface area contributed by atoms with Crippen molar-refractivity contribution in [3.05, 3.63) is 0 Å². The Kier molecular flexibility index (Phi) is 5.74. The van der Waals surface area contributed by atoms with E-state index >= 15 is 0 Å². The van der Waals surface area contributed by atoms with Crippen LogP contribution in [0, 0.1) is 0 Å². The van der Waals surface area contributed by atoms with Gasteiger partial charge in [0.05, 0.1) is 12.7 Å². The molecular formula is C13H25BrN2O. The summed E-state index contributed by atoms with van der Waals surface area (Å²) in [5, 5.41) is 0.965. The van der Waals surface area contributed by atoms with Gasteiger partial charge in [0.1, 0.15) is 0 Å². The Labute approximate surface area is 114 Å². The SMILES string of the molecule is CN1CCCCC1CCN1CCOC(CBr)C1. The monoisotopic (exact) mass is 304 g/mol. The molecule has 4 heteroatoms. The maximum absolute atomic E-state index is 5.67. The fourth-order valence-corrected chi connectivity index (χ4v) is 3.31. The van der Waals surface area contributed by atoms with E-state index in [9.17, 15) is 0 Å². The minimum Gasteiger partial charge on any atom is -0.375 e. The Bertz CT molecular complexity index is 227. The molecule has 17 heavy (non-hydrogen) atoms. The molecular weight excluding hydrogens is 280 g/mol. The van der Waals surface area contributed by atoms with Gasteiger partial charge in [0.2, 0.25) is 0 Å². The van der Waals surface area contributed by atoms with Gasteiger partial charge in [-0.3, -0.25) is 4.90 Å². The van der Waals surface area contributed by atoms with Crippen molar-refractivity contribution in [3.8, 4) is 0 Å². The molecule has 0 saturated carbocycles. The number of ether oxygens (including phenoxy) is 1. The first kappa shape index (κ1) is 13.8. The summed E-state index contributed by atoms with van der Waals surface area (Å²) in [6, 6.07) is 0.814. The summed E-state index contributed by atoms with van der Waals surface area (Å²) in [6.45, 7) is 5.64. The van der Waals surface area contributed by atoms with E-state index in [4.69, 9.17) is 4.74 Å². The van der Waals surface area contributed by atoms with Crippen LogP contribution in [0.25, 0.3) is 0 Å². The molecule has 2 heterocycles. The number of halogens is 1. The second-order valence-corrected chi connectivity index (χ2v) is 6.01. The zero-order valence-electron chi connectivity index (χ0n) is 10.9. The third-order valence-corrected chi connectivity index (χ3v) is 4.82. The van der Waals surface area contributed by atoms with Crippen LogP contribution in [0.2, 0.25) is 0 Å². The average Bonchev–Trinajstić information content (AvgIpc) is 2.38. The molecule has 3 nitrogen and oxygen atoms in total. The zero-order valence-corrected chi connectivity index (χ0v) is 12.5. The topological polar surface area (TPSA) is 15.7 Å². The van der Waals surface area contributed by atoms with Crippen LogP contribution < -0.4 is 0 Å². The van der Waals surface area contributed by atoms with Crippen molar-refractivity contribution in [1.29, 1.82) is 0 Å². The Morgan fingerprint density at radius 2 is 2.18 bits per heavy atom. The summed E-state index contributed by atoms with van der Waals surface area (Å²) in [6.07, 6.45) is 5.92. The molecule has 2 aliphatic heterocycles. The predicted octanol–water partition coefficient (Wildman–Crippen LogP) is 1.96. The van der Waals surface area contributed by atoms with Crippen LogP contribution in [0.15, 0.2) is 0 Å². The number of hydrogen-bond acceptors (Lipinski definition) is 3. The molecule has 2 saturated heterocycles. The molecule has 2 aliphatic rings. The van der Waals surface area contributed by atoms with Gasteiger partial charge in [-0.2, -0.15) is 0 Å². The number of morpholine rings is 1. The molecule has 0 amide bonds. The third-order valence-electron chi connectivity index (χ3n) is 4.10. The lowest BCUT2D eigenvalue weighted by Gasteiger charge is -2.36. The number of alkyl halides is 1. The zero-order chi connectivity index (χ0) is 12.1. The van der Waals surface area contributed by atoms with Crippen LogP contribution in [0.3, 0.4) is 0 Å². The van der Waals surface area contributed by atoms with E-state index in [1.807, 2.05) is 0 Å². The van der Waals surface area contributed by atoms with Crippen LogP contribution in [0.4, 0.5) is 0 Å². The molecule has 100 valence electrons. The van der Waals surface area contributed by atoms with Gasteiger partial charge in [-0.1, -0.05) is 22.4 Å². The van der Waals surface area contributed by atoms with Crippen molar-refractivity contribution in [3.63, 3.8) is 0 Å². The van der Waals surface area contributed by atoms with Crippen molar-refractivity contribution >= 4 is 15.9 Å². The summed E-state index contributed by atoms with van der Waals surface area (Å²) < 4.78 is 5.67. The first-order valence-electron chi connectivity index (χ1n) is 6.89. The summed E-state index contributed by atoms with van der Waals surface area (Å²) in [7, 11) is 2.28. The van der Waals surface area contributed by atoms with Gasteiger partial charge >= 0.3 is 0 Å². The van der Waals surface area contributed by atoms with E-state index in [1.54, 1.807) is 0 Å². The molecule has 0 aromatic heterocycles. The highest BCUT2D eigenvalue weighted by Gasteiger charge is 2.22. The van der Waals surface area contributed by atoms with E-state index in [2.05, 4.69) is 32.8 Å². The molecule has 0 N–H and O–H groups in total. The minimum absolute atomic E-state index is 0.396. The van der Waals surface area contributed by atoms with E-state index in [0.29, 0.717) is 6.10 Å². The third kappa shape index (κ3) is 4.19. The van der Waals surface area contributed by atoms with Crippen LogP contribution >= 0.6 is 15.9 Å². The number of piperidine rings is 1. The number of rotatable bonds is 4. The maximum Gasteiger partial charge on any atom is 0.0799 e. The number of likely N-dealkylation sites (tertiary alicyclic amines) is 1. The summed E-state index contributed by atoms with van der Waals surface area (Å²) >= 11 is 3.52. The second kappa shape index (κ2) is 7.07. The molecule has 0 aromatic rings. The smallest absolute Gasteiger partial charge is 0.0799 e. The molecule has 2 atom stereocenters. The van der Waals surface area contributed by atoms with Gasteiger partial charge in [-0.05, 0) is 39.4 Å². The first-order chi connectivity index (χ1) is 8.29. The largest absolute Gasteiger partial charge is 0.375 e. The standard InChI is InChI=1S/C13H25BrN2O/c1-15-6-3-2-4-12(15)5-7-16-8-9-17-13(10-14)11-16/h12-13H,2-11H2,1H3. The quantitative estimate of drug-likeness (QED) is 0.739. The first-order valence-corrected chi connectivity index (χ1v) is 8.02. The highest BCUT2D eigenvalue weighted by molar-refractivity contribution is 9.09. The van der Waals surface area contributed by atoms with Gasteiger partial charge in [-0.15, -0.1) is 0 Å². The Balaban J connectivity index is 1.69. The Hall–Kier alpha value is 0.360. The van der Waals surface area contributed by atoms with E-state index in [1.165, 1.54) is 38.8 Å². The minimum atomic E-state index is 0.396. The van der Waals surface area contributed by atoms with E-state index < -0.39 is 0 Å². The molecule has 0 radical (unpaired) electrons. The predicted molar refractivity (Wildman–Crippen MR) is 74.9 cm³/mol. The molecule has 0 aromatic carbocycles. The summed E-state index contributed by atoms with van der Waals surface area (Å²) in [5.74, 6) is 0. The highest BCUT2D eigenvalue weighted by Crippen LogP contribution is 2.18. The lowest BCUT2D eigenvalue weighted by atomic mass is 10.00. The van der Waals surface area contributed by atoms with Crippen LogP contribution in [-0.4, -0.2) is 67.1 Å². The summed E-state index contributed by atoms with van der Waals surface area (Å²) in [5.41, 5.74) is 0. The fourth-order valence-electron chi connectivity index (χ4n) is 2.92. The molecule has 2 unspecified atom stereocenters. The van der Waals surface area contributed by atoms with Gasteiger partial charge in [-0.25, -0.2) is 0 Å². The van der Waals surface area contributed by atoms with Crippen molar-refractivity contribution in [2.75, 3.05) is 45.2 Å². The maximum atomic E-state index is 5.67. The van der Waals surface area contributed by atoms with Crippen molar-refractivity contribution < 1.29 is 4.74 Å². The second-order valence-electron chi connectivity index (χ2n) is 5.37.